The molecule has 0 aliphatic rings. The predicted molar refractivity (Wildman–Crippen MR) is 100 cm³/mol. The predicted octanol–water partition coefficient (Wildman–Crippen LogP) is 3.91. The van der Waals surface area contributed by atoms with E-state index in [1.165, 1.54) is 6.20 Å². The molecule has 25 heavy (non-hydrogen) atoms. The van der Waals surface area contributed by atoms with Gasteiger partial charge in [-0.1, -0.05) is 36.4 Å². The zero-order valence-electron chi connectivity index (χ0n) is 14.3. The Hall–Kier alpha value is -3.21. The third kappa shape index (κ3) is 3.66. The number of hydrogen-bond acceptors (Lipinski definition) is 4. The van der Waals surface area contributed by atoms with Crippen LogP contribution in [0.15, 0.2) is 73.1 Å². The Balaban J connectivity index is 1.81. The molecule has 0 atom stereocenters. The van der Waals surface area contributed by atoms with Crippen molar-refractivity contribution in [2.45, 2.75) is 6.92 Å². The van der Waals surface area contributed by atoms with Crippen molar-refractivity contribution in [2.75, 3.05) is 23.4 Å². The molecule has 1 heterocycles. The zero-order chi connectivity index (χ0) is 17.6. The molecule has 5 nitrogen and oxygen atoms in total. The molecule has 0 spiro atoms. The van der Waals surface area contributed by atoms with Crippen molar-refractivity contribution in [3.8, 4) is 0 Å². The number of hydrogen-bond donors (Lipinski definition) is 0. The first kappa shape index (κ1) is 16.6. The second kappa shape index (κ2) is 7.57. The quantitative estimate of drug-likeness (QED) is 0.711. The SMILES string of the molecule is CCN(c1ccccc1)c1cnc(C(=O)N(C)c2ccccc2)cn1. The van der Waals surface area contributed by atoms with Crippen LogP contribution < -0.4 is 9.80 Å². The lowest BCUT2D eigenvalue weighted by Gasteiger charge is -2.22. The minimum Gasteiger partial charge on any atom is -0.325 e. The minimum absolute atomic E-state index is 0.187. The highest BCUT2D eigenvalue weighted by molar-refractivity contribution is 6.04. The smallest absolute Gasteiger partial charge is 0.278 e. The lowest BCUT2D eigenvalue weighted by atomic mass is 10.2. The molecule has 0 aliphatic carbocycles. The molecule has 0 aliphatic heterocycles. The lowest BCUT2D eigenvalue weighted by Crippen LogP contribution is -2.27. The van der Waals surface area contributed by atoms with E-state index < -0.39 is 0 Å². The van der Waals surface area contributed by atoms with Crippen molar-refractivity contribution in [3.63, 3.8) is 0 Å². The van der Waals surface area contributed by atoms with Crippen molar-refractivity contribution in [3.05, 3.63) is 78.8 Å². The zero-order valence-corrected chi connectivity index (χ0v) is 14.3. The third-order valence-corrected chi connectivity index (χ3v) is 3.97. The van der Waals surface area contributed by atoms with Crippen LogP contribution in [0.3, 0.4) is 0 Å². The molecule has 3 rings (SSSR count). The summed E-state index contributed by atoms with van der Waals surface area (Å²) in [6, 6.07) is 19.5. The number of benzene rings is 2. The Morgan fingerprint density at radius 1 is 0.880 bits per heavy atom. The molecule has 3 aromatic rings. The van der Waals surface area contributed by atoms with E-state index in [4.69, 9.17) is 0 Å². The average molecular weight is 332 g/mol. The number of aromatic nitrogens is 2. The van der Waals surface area contributed by atoms with Crippen LogP contribution in [0.5, 0.6) is 0 Å². The highest BCUT2D eigenvalue weighted by Gasteiger charge is 2.16. The molecule has 0 unspecified atom stereocenters. The molecule has 0 bridgehead atoms. The fourth-order valence-electron chi connectivity index (χ4n) is 2.60. The molecule has 126 valence electrons. The second-order valence-electron chi connectivity index (χ2n) is 5.54. The van der Waals surface area contributed by atoms with Crippen LogP contribution in [0, 0.1) is 0 Å². The van der Waals surface area contributed by atoms with Gasteiger partial charge in [0.25, 0.3) is 5.91 Å². The van der Waals surface area contributed by atoms with Crippen LogP contribution >= 0.6 is 0 Å². The summed E-state index contributed by atoms with van der Waals surface area (Å²) >= 11 is 0. The Morgan fingerprint density at radius 3 is 2.00 bits per heavy atom. The van der Waals surface area contributed by atoms with Gasteiger partial charge in [-0.25, -0.2) is 9.97 Å². The Bertz CT molecular complexity index is 819. The van der Waals surface area contributed by atoms with Crippen molar-refractivity contribution >= 4 is 23.1 Å². The third-order valence-electron chi connectivity index (χ3n) is 3.97. The summed E-state index contributed by atoms with van der Waals surface area (Å²) in [7, 11) is 1.73. The Morgan fingerprint density at radius 2 is 1.48 bits per heavy atom. The normalized spacial score (nSPS) is 10.3. The van der Waals surface area contributed by atoms with E-state index >= 15 is 0 Å². The maximum absolute atomic E-state index is 12.6. The summed E-state index contributed by atoms with van der Waals surface area (Å²) in [6.07, 6.45) is 3.17. The van der Waals surface area contributed by atoms with Crippen molar-refractivity contribution in [2.24, 2.45) is 0 Å². The topological polar surface area (TPSA) is 49.3 Å². The first-order valence-corrected chi connectivity index (χ1v) is 8.18. The molecule has 1 aromatic heterocycles. The fourth-order valence-corrected chi connectivity index (χ4v) is 2.60. The van der Waals surface area contributed by atoms with Gasteiger partial charge in [0.15, 0.2) is 5.82 Å². The van der Waals surface area contributed by atoms with Gasteiger partial charge < -0.3 is 9.80 Å². The minimum atomic E-state index is -0.187. The first-order valence-electron chi connectivity index (χ1n) is 8.18. The van der Waals surface area contributed by atoms with Gasteiger partial charge >= 0.3 is 0 Å². The summed E-state index contributed by atoms with van der Waals surface area (Å²) in [5, 5.41) is 0. The number of para-hydroxylation sites is 2. The van der Waals surface area contributed by atoms with Gasteiger partial charge in [-0.2, -0.15) is 0 Å². The monoisotopic (exact) mass is 332 g/mol. The molecule has 0 saturated heterocycles. The highest BCUT2D eigenvalue weighted by Crippen LogP contribution is 2.22. The maximum Gasteiger partial charge on any atom is 0.278 e. The molecular formula is C20H20N4O. The van der Waals surface area contributed by atoms with Gasteiger partial charge in [0, 0.05) is 25.0 Å². The lowest BCUT2D eigenvalue weighted by molar-refractivity contribution is 0.0988. The average Bonchev–Trinajstić information content (AvgIpc) is 2.69. The number of nitrogens with zero attached hydrogens (tertiary/aromatic N) is 4. The molecule has 5 heteroatoms. The van der Waals surface area contributed by atoms with Gasteiger partial charge in [-0.3, -0.25) is 4.79 Å². The summed E-state index contributed by atoms with van der Waals surface area (Å²) in [4.78, 5) is 25.0. The van der Waals surface area contributed by atoms with Crippen molar-refractivity contribution < 1.29 is 4.79 Å². The molecule has 0 N–H and O–H groups in total. The van der Waals surface area contributed by atoms with Gasteiger partial charge in [-0.05, 0) is 31.2 Å². The van der Waals surface area contributed by atoms with Crippen LogP contribution in [-0.2, 0) is 0 Å². The van der Waals surface area contributed by atoms with E-state index in [0.29, 0.717) is 11.5 Å². The van der Waals surface area contributed by atoms with E-state index in [-0.39, 0.29) is 5.91 Å². The summed E-state index contributed by atoms with van der Waals surface area (Å²) < 4.78 is 0. The second-order valence-corrected chi connectivity index (χ2v) is 5.54. The number of anilines is 3. The van der Waals surface area contributed by atoms with Crippen LogP contribution in [-0.4, -0.2) is 29.5 Å². The molecule has 1 amide bonds. The van der Waals surface area contributed by atoms with Gasteiger partial charge in [-0.15, -0.1) is 0 Å². The molecular weight excluding hydrogens is 312 g/mol. The summed E-state index contributed by atoms with van der Waals surface area (Å²) in [5.41, 5.74) is 2.18. The molecule has 2 aromatic carbocycles. The molecule has 0 fully saturated rings. The van der Waals surface area contributed by atoms with Gasteiger partial charge in [0.05, 0.1) is 12.4 Å². The standard InChI is InChI=1S/C20H20N4O/c1-3-24(17-12-8-5-9-13-17)19-15-21-18(14-22-19)20(25)23(2)16-10-6-4-7-11-16/h4-15H,3H2,1-2H3. The first-order chi connectivity index (χ1) is 12.2. The van der Waals surface area contributed by atoms with Crippen molar-refractivity contribution in [1.82, 2.24) is 9.97 Å². The highest BCUT2D eigenvalue weighted by atomic mass is 16.2. The van der Waals surface area contributed by atoms with Gasteiger partial charge in [0.2, 0.25) is 0 Å². The van der Waals surface area contributed by atoms with E-state index in [2.05, 4.69) is 16.9 Å². The molecule has 0 radical (unpaired) electrons. The summed E-state index contributed by atoms with van der Waals surface area (Å²) in [5.74, 6) is 0.528. The number of rotatable bonds is 5. The van der Waals surface area contributed by atoms with E-state index in [0.717, 1.165) is 17.9 Å². The fraction of sp³-hybridized carbons (Fsp3) is 0.150. The van der Waals surface area contributed by atoms with Crippen LogP contribution in [0.25, 0.3) is 0 Å². The van der Waals surface area contributed by atoms with E-state index in [1.54, 1.807) is 18.1 Å². The van der Waals surface area contributed by atoms with Crippen LogP contribution in [0.2, 0.25) is 0 Å². The molecule has 0 saturated carbocycles. The van der Waals surface area contributed by atoms with Gasteiger partial charge in [0.1, 0.15) is 5.69 Å². The van der Waals surface area contributed by atoms with Crippen LogP contribution in [0.4, 0.5) is 17.2 Å². The maximum atomic E-state index is 12.6. The number of carbonyl (C=O) groups excluding carboxylic acids is 1. The van der Waals surface area contributed by atoms with E-state index in [9.17, 15) is 4.79 Å². The van der Waals surface area contributed by atoms with E-state index in [1.807, 2.05) is 65.6 Å². The Labute approximate surface area is 147 Å². The Kier molecular flexibility index (Phi) is 5.04. The number of amides is 1. The van der Waals surface area contributed by atoms with Crippen molar-refractivity contribution in [1.29, 1.82) is 0 Å². The summed E-state index contributed by atoms with van der Waals surface area (Å²) in [6.45, 7) is 2.81. The van der Waals surface area contributed by atoms with Crippen LogP contribution in [0.1, 0.15) is 17.4 Å². The largest absolute Gasteiger partial charge is 0.325 e. The number of carbonyl (C=O) groups is 1.